The zero-order valence-electron chi connectivity index (χ0n) is 12.4. The molecule has 1 aromatic rings. The van der Waals surface area contributed by atoms with Gasteiger partial charge in [-0.1, -0.05) is 36.3 Å². The summed E-state index contributed by atoms with van der Waals surface area (Å²) < 4.78 is 0. The number of carbonyl (C=O) groups is 1. The lowest BCUT2D eigenvalue weighted by atomic mass is 9.91. The van der Waals surface area contributed by atoms with Crippen molar-refractivity contribution in [3.63, 3.8) is 0 Å². The highest BCUT2D eigenvalue weighted by molar-refractivity contribution is 5.84. The molecule has 0 aliphatic rings. The average molecular weight is 267 g/mol. The predicted molar refractivity (Wildman–Crippen MR) is 82.8 cm³/mol. The van der Waals surface area contributed by atoms with E-state index in [1.807, 2.05) is 51.1 Å². The van der Waals surface area contributed by atoms with E-state index in [9.17, 15) is 4.79 Å². The highest BCUT2D eigenvalue weighted by atomic mass is 16.2. The zero-order valence-corrected chi connectivity index (χ0v) is 12.4. The fourth-order valence-electron chi connectivity index (χ4n) is 1.87. The summed E-state index contributed by atoms with van der Waals surface area (Å²) in [5, 5.41) is 0. The van der Waals surface area contributed by atoms with Crippen LogP contribution in [-0.4, -0.2) is 17.4 Å². The second kappa shape index (κ2) is 7.38. The van der Waals surface area contributed by atoms with Crippen LogP contribution < -0.4 is 0 Å². The lowest BCUT2D eigenvalue weighted by molar-refractivity contribution is -0.137. The molecule has 1 amide bonds. The van der Waals surface area contributed by atoms with Crippen molar-refractivity contribution >= 4 is 5.91 Å². The smallest absolute Gasteiger partial charge is 0.233 e. The van der Waals surface area contributed by atoms with Crippen LogP contribution in [0.1, 0.15) is 26.3 Å². The molecule has 0 spiro atoms. The first-order valence-corrected chi connectivity index (χ1v) is 6.66. The van der Waals surface area contributed by atoms with E-state index in [4.69, 9.17) is 6.42 Å². The highest BCUT2D eigenvalue weighted by Gasteiger charge is 2.29. The van der Waals surface area contributed by atoms with Gasteiger partial charge in [0.1, 0.15) is 0 Å². The molecule has 2 heteroatoms. The lowest BCUT2D eigenvalue weighted by Gasteiger charge is -2.28. The Hall–Kier alpha value is -2.23. The molecule has 0 atom stereocenters. The maximum Gasteiger partial charge on any atom is 0.233 e. The fraction of sp³-hybridized carbons (Fsp3) is 0.333. The third kappa shape index (κ3) is 4.46. The average Bonchev–Trinajstić information content (AvgIpc) is 2.45. The Kier molecular flexibility index (Phi) is 5.84. The second-order valence-electron chi connectivity index (χ2n) is 5.17. The lowest BCUT2D eigenvalue weighted by Crippen LogP contribution is -2.39. The number of amides is 1. The molecule has 0 saturated carbocycles. The van der Waals surface area contributed by atoms with Gasteiger partial charge in [0, 0.05) is 6.54 Å². The number of rotatable bonds is 5. The van der Waals surface area contributed by atoms with Crippen molar-refractivity contribution < 1.29 is 4.79 Å². The molecule has 0 radical (unpaired) electrons. The predicted octanol–water partition coefficient (Wildman–Crippen LogP) is 3.41. The van der Waals surface area contributed by atoms with Gasteiger partial charge in [-0.25, -0.2) is 0 Å². The van der Waals surface area contributed by atoms with E-state index in [1.54, 1.807) is 17.1 Å². The molecule has 1 rings (SSSR count). The number of hydrogen-bond donors (Lipinski definition) is 0. The molecule has 2 nitrogen and oxygen atoms in total. The molecule has 0 aliphatic carbocycles. The van der Waals surface area contributed by atoms with Gasteiger partial charge in [0.15, 0.2) is 0 Å². The Morgan fingerprint density at radius 1 is 1.35 bits per heavy atom. The van der Waals surface area contributed by atoms with Gasteiger partial charge in [-0.2, -0.15) is 0 Å². The zero-order chi connectivity index (χ0) is 15.0. The van der Waals surface area contributed by atoms with Gasteiger partial charge in [0.2, 0.25) is 5.91 Å². The molecule has 0 unspecified atom stereocenters. The van der Waals surface area contributed by atoms with Crippen molar-refractivity contribution in [2.24, 2.45) is 5.41 Å². The minimum Gasteiger partial charge on any atom is -0.326 e. The van der Waals surface area contributed by atoms with E-state index >= 15 is 0 Å². The number of terminal acetylenes is 1. The molecule has 0 N–H and O–H groups in total. The van der Waals surface area contributed by atoms with Gasteiger partial charge in [-0.3, -0.25) is 4.79 Å². The molecule has 0 heterocycles. The van der Waals surface area contributed by atoms with Crippen LogP contribution in [0.2, 0.25) is 0 Å². The van der Waals surface area contributed by atoms with Crippen LogP contribution in [0.3, 0.4) is 0 Å². The Bertz CT molecular complexity index is 543. The summed E-state index contributed by atoms with van der Waals surface area (Å²) >= 11 is 0. The SMILES string of the molecule is C#CCN(Cc1ccccc1)C(=O)C(C)(C)C=C=CC. The number of benzene rings is 1. The summed E-state index contributed by atoms with van der Waals surface area (Å²) in [5.41, 5.74) is 3.44. The van der Waals surface area contributed by atoms with Crippen LogP contribution in [0, 0.1) is 17.8 Å². The summed E-state index contributed by atoms with van der Waals surface area (Å²) in [5.74, 6) is 2.57. The van der Waals surface area contributed by atoms with E-state index in [2.05, 4.69) is 11.7 Å². The Balaban J connectivity index is 2.94. The van der Waals surface area contributed by atoms with Crippen LogP contribution in [0.5, 0.6) is 0 Å². The van der Waals surface area contributed by atoms with Gasteiger partial charge in [0.05, 0.1) is 12.0 Å². The van der Waals surface area contributed by atoms with Crippen LogP contribution in [0.15, 0.2) is 48.2 Å². The third-order valence-electron chi connectivity index (χ3n) is 2.95. The number of nitrogens with zero attached hydrogens (tertiary/aromatic N) is 1. The van der Waals surface area contributed by atoms with Crippen molar-refractivity contribution in [2.45, 2.75) is 27.3 Å². The van der Waals surface area contributed by atoms with Crippen LogP contribution >= 0.6 is 0 Å². The Morgan fingerprint density at radius 3 is 2.55 bits per heavy atom. The van der Waals surface area contributed by atoms with E-state index in [0.717, 1.165) is 5.56 Å². The molecule has 104 valence electrons. The molecule has 0 aliphatic heterocycles. The van der Waals surface area contributed by atoms with Crippen LogP contribution in [0.4, 0.5) is 0 Å². The summed E-state index contributed by atoms with van der Waals surface area (Å²) in [4.78, 5) is 14.3. The fourth-order valence-corrected chi connectivity index (χ4v) is 1.87. The van der Waals surface area contributed by atoms with Crippen molar-refractivity contribution in [2.75, 3.05) is 6.54 Å². The standard InChI is InChI=1S/C18H21NO/c1-5-7-13-18(3,4)17(20)19(14-6-2)15-16-11-9-8-10-12-16/h2,5,8-13H,14-15H2,1,3-4H3. The molecule has 0 fully saturated rings. The van der Waals surface area contributed by atoms with Gasteiger partial charge < -0.3 is 4.90 Å². The van der Waals surface area contributed by atoms with Gasteiger partial charge in [-0.15, -0.1) is 12.2 Å². The van der Waals surface area contributed by atoms with Crippen molar-refractivity contribution in [3.8, 4) is 12.3 Å². The monoisotopic (exact) mass is 267 g/mol. The molecule has 20 heavy (non-hydrogen) atoms. The van der Waals surface area contributed by atoms with Crippen LogP contribution in [0.25, 0.3) is 0 Å². The first kappa shape index (κ1) is 15.8. The molecule has 0 aromatic heterocycles. The summed E-state index contributed by atoms with van der Waals surface area (Å²) in [6.07, 6.45) is 8.96. The van der Waals surface area contributed by atoms with Gasteiger partial charge in [0.25, 0.3) is 0 Å². The van der Waals surface area contributed by atoms with Crippen molar-refractivity contribution in [1.29, 1.82) is 0 Å². The molecular formula is C18H21NO. The first-order valence-electron chi connectivity index (χ1n) is 6.66. The van der Waals surface area contributed by atoms with E-state index < -0.39 is 5.41 Å². The van der Waals surface area contributed by atoms with E-state index in [1.165, 1.54) is 0 Å². The molecule has 0 bridgehead atoms. The summed E-state index contributed by atoms with van der Waals surface area (Å²) in [7, 11) is 0. The highest BCUT2D eigenvalue weighted by Crippen LogP contribution is 2.21. The van der Waals surface area contributed by atoms with Gasteiger partial charge >= 0.3 is 0 Å². The van der Waals surface area contributed by atoms with Gasteiger partial charge in [-0.05, 0) is 38.5 Å². The minimum atomic E-state index is -0.613. The number of carbonyl (C=O) groups excluding carboxylic acids is 1. The Labute approximate surface area is 121 Å². The summed E-state index contributed by atoms with van der Waals surface area (Å²) in [6.45, 7) is 6.46. The Morgan fingerprint density at radius 2 is 2.00 bits per heavy atom. The molecule has 0 saturated heterocycles. The van der Waals surface area contributed by atoms with E-state index in [0.29, 0.717) is 13.1 Å². The summed E-state index contributed by atoms with van der Waals surface area (Å²) in [6, 6.07) is 9.85. The normalized spacial score (nSPS) is 10.1. The number of hydrogen-bond acceptors (Lipinski definition) is 1. The van der Waals surface area contributed by atoms with Crippen molar-refractivity contribution in [1.82, 2.24) is 4.90 Å². The topological polar surface area (TPSA) is 20.3 Å². The third-order valence-corrected chi connectivity index (χ3v) is 2.95. The quantitative estimate of drug-likeness (QED) is 0.591. The first-order chi connectivity index (χ1) is 9.51. The maximum absolute atomic E-state index is 12.6. The minimum absolute atomic E-state index is 0.00801. The van der Waals surface area contributed by atoms with Crippen molar-refractivity contribution in [3.05, 3.63) is 53.8 Å². The molecular weight excluding hydrogens is 246 g/mol. The largest absolute Gasteiger partial charge is 0.326 e. The van der Waals surface area contributed by atoms with E-state index in [-0.39, 0.29) is 5.91 Å². The maximum atomic E-state index is 12.6. The van der Waals surface area contributed by atoms with Crippen LogP contribution in [-0.2, 0) is 11.3 Å². The molecule has 1 aromatic carbocycles. The second-order valence-corrected chi connectivity index (χ2v) is 5.17.